The molecule has 238 valence electrons. The molecular formula is C33H50N4O6. The van der Waals surface area contributed by atoms with E-state index in [1.54, 1.807) is 50.6 Å². The quantitative estimate of drug-likeness (QED) is 0.230. The zero-order chi connectivity index (χ0) is 32.3. The van der Waals surface area contributed by atoms with Crippen LogP contribution >= 0.6 is 0 Å². The van der Waals surface area contributed by atoms with E-state index in [1.807, 2.05) is 41.5 Å². The number of aliphatic hydroxyl groups is 1. The standard InChI is InChI=1S/C33H50N4O6/c1-20(2)15-27(28(38)16-23(7)30(39)36-29(22(5)6)32(41)34-18-21(3)4)35-31(40)24-11-9-12-25(17-24)33(42)37(8)19-26-13-10-14-43-26/h9-14,17,20-23,27-29,38H,15-16,18-19H2,1-8H3,(H,34,41)(H,35,40)(H,36,39). The zero-order valence-electron chi connectivity index (χ0n) is 26.8. The number of benzene rings is 1. The van der Waals surface area contributed by atoms with Crippen molar-refractivity contribution < 1.29 is 28.7 Å². The summed E-state index contributed by atoms with van der Waals surface area (Å²) >= 11 is 0. The molecule has 0 spiro atoms. The van der Waals surface area contributed by atoms with Gasteiger partial charge < -0.3 is 30.4 Å². The molecule has 0 fully saturated rings. The summed E-state index contributed by atoms with van der Waals surface area (Å²) in [5, 5.41) is 19.8. The Kier molecular flexibility index (Phi) is 13.9. The Balaban J connectivity index is 2.07. The van der Waals surface area contributed by atoms with Gasteiger partial charge >= 0.3 is 0 Å². The summed E-state index contributed by atoms with van der Waals surface area (Å²) < 4.78 is 5.32. The highest BCUT2D eigenvalue weighted by Crippen LogP contribution is 2.18. The van der Waals surface area contributed by atoms with E-state index in [9.17, 15) is 24.3 Å². The highest BCUT2D eigenvalue weighted by Gasteiger charge is 2.30. The smallest absolute Gasteiger partial charge is 0.254 e. The minimum atomic E-state index is -1.01. The van der Waals surface area contributed by atoms with Gasteiger partial charge in [0, 0.05) is 30.6 Å². The van der Waals surface area contributed by atoms with Crippen LogP contribution in [0.15, 0.2) is 47.1 Å². The van der Waals surface area contributed by atoms with Crippen LogP contribution in [0.2, 0.25) is 0 Å². The minimum absolute atomic E-state index is 0.0953. The first-order valence-corrected chi connectivity index (χ1v) is 15.1. The summed E-state index contributed by atoms with van der Waals surface area (Å²) in [6, 6.07) is 8.65. The summed E-state index contributed by atoms with van der Waals surface area (Å²) in [5.74, 6) is -0.894. The van der Waals surface area contributed by atoms with Crippen molar-refractivity contribution in [1.29, 1.82) is 0 Å². The second-order valence-corrected chi connectivity index (χ2v) is 12.6. The van der Waals surface area contributed by atoms with E-state index in [1.165, 1.54) is 11.0 Å². The first-order chi connectivity index (χ1) is 20.2. The summed E-state index contributed by atoms with van der Waals surface area (Å²) in [7, 11) is 1.66. The molecule has 4 amide bonds. The van der Waals surface area contributed by atoms with Crippen LogP contribution in [0.1, 0.15) is 87.8 Å². The van der Waals surface area contributed by atoms with Crippen molar-refractivity contribution >= 4 is 23.6 Å². The van der Waals surface area contributed by atoms with Crippen LogP contribution < -0.4 is 16.0 Å². The van der Waals surface area contributed by atoms with Gasteiger partial charge in [0.1, 0.15) is 11.8 Å². The molecule has 2 aromatic rings. The summed E-state index contributed by atoms with van der Waals surface area (Å²) in [6.07, 6.45) is 1.11. The number of amides is 4. The Morgan fingerprint density at radius 2 is 1.53 bits per heavy atom. The molecule has 0 aliphatic rings. The average molecular weight is 599 g/mol. The largest absolute Gasteiger partial charge is 0.467 e. The molecule has 10 nitrogen and oxygen atoms in total. The molecule has 4 atom stereocenters. The molecule has 1 heterocycles. The lowest BCUT2D eigenvalue weighted by molar-refractivity contribution is -0.132. The molecule has 2 rings (SSSR count). The number of nitrogens with one attached hydrogen (secondary N) is 3. The molecule has 4 unspecified atom stereocenters. The third kappa shape index (κ3) is 11.5. The van der Waals surface area contributed by atoms with Gasteiger partial charge in [-0.05, 0) is 60.9 Å². The Labute approximate surface area is 256 Å². The maximum absolute atomic E-state index is 13.3. The topological polar surface area (TPSA) is 141 Å². The van der Waals surface area contributed by atoms with Gasteiger partial charge in [-0.15, -0.1) is 0 Å². The van der Waals surface area contributed by atoms with Crippen LogP contribution in [0.3, 0.4) is 0 Å². The van der Waals surface area contributed by atoms with Crippen LogP contribution in [0.25, 0.3) is 0 Å². The van der Waals surface area contributed by atoms with Crippen molar-refractivity contribution in [2.24, 2.45) is 23.7 Å². The molecule has 0 aliphatic carbocycles. The van der Waals surface area contributed by atoms with Crippen molar-refractivity contribution in [3.63, 3.8) is 0 Å². The lowest BCUT2D eigenvalue weighted by atomic mass is 9.91. The second kappa shape index (κ2) is 16.8. The fraction of sp³-hybridized carbons (Fsp3) is 0.576. The van der Waals surface area contributed by atoms with E-state index in [0.717, 1.165) is 0 Å². The number of hydrogen-bond donors (Lipinski definition) is 4. The molecule has 10 heteroatoms. The van der Waals surface area contributed by atoms with Gasteiger partial charge in [0.25, 0.3) is 11.8 Å². The van der Waals surface area contributed by atoms with Crippen molar-refractivity contribution in [1.82, 2.24) is 20.9 Å². The van der Waals surface area contributed by atoms with Gasteiger partial charge in [-0.25, -0.2) is 0 Å². The van der Waals surface area contributed by atoms with Crippen molar-refractivity contribution in [3.8, 4) is 0 Å². The number of furan rings is 1. The number of aliphatic hydroxyl groups excluding tert-OH is 1. The molecule has 0 bridgehead atoms. The van der Waals surface area contributed by atoms with E-state index in [0.29, 0.717) is 24.3 Å². The summed E-state index contributed by atoms with van der Waals surface area (Å²) in [4.78, 5) is 53.5. The molecular weight excluding hydrogens is 548 g/mol. The third-order valence-corrected chi connectivity index (χ3v) is 7.17. The number of nitrogens with zero attached hydrogens (tertiary/aromatic N) is 1. The fourth-order valence-corrected chi connectivity index (χ4v) is 4.67. The lowest BCUT2D eigenvalue weighted by Gasteiger charge is -2.29. The molecule has 0 saturated carbocycles. The predicted molar refractivity (Wildman–Crippen MR) is 166 cm³/mol. The highest BCUT2D eigenvalue weighted by molar-refractivity contribution is 5.99. The van der Waals surface area contributed by atoms with Gasteiger partial charge in [0.05, 0.1) is 25.0 Å². The van der Waals surface area contributed by atoms with E-state index in [2.05, 4.69) is 16.0 Å². The number of carbonyl (C=O) groups excluding carboxylic acids is 4. The van der Waals surface area contributed by atoms with Crippen LogP contribution in [0.4, 0.5) is 0 Å². The molecule has 43 heavy (non-hydrogen) atoms. The molecule has 0 radical (unpaired) electrons. The molecule has 1 aromatic heterocycles. The molecule has 0 saturated heterocycles. The van der Waals surface area contributed by atoms with Crippen LogP contribution in [-0.4, -0.2) is 65.4 Å². The monoisotopic (exact) mass is 598 g/mol. The number of rotatable bonds is 16. The van der Waals surface area contributed by atoms with Crippen molar-refractivity contribution in [3.05, 3.63) is 59.5 Å². The SMILES string of the molecule is CC(C)CNC(=O)C(NC(=O)C(C)CC(O)C(CC(C)C)NC(=O)c1cccc(C(=O)N(C)Cc2ccco2)c1)C(C)C. The fourth-order valence-electron chi connectivity index (χ4n) is 4.67. The van der Waals surface area contributed by atoms with E-state index in [4.69, 9.17) is 4.42 Å². The van der Waals surface area contributed by atoms with Crippen molar-refractivity contribution in [2.75, 3.05) is 13.6 Å². The van der Waals surface area contributed by atoms with E-state index >= 15 is 0 Å². The van der Waals surface area contributed by atoms with Crippen LogP contribution in [-0.2, 0) is 16.1 Å². The minimum Gasteiger partial charge on any atom is -0.467 e. The van der Waals surface area contributed by atoms with Gasteiger partial charge in [0.2, 0.25) is 11.8 Å². The van der Waals surface area contributed by atoms with Gasteiger partial charge in [-0.1, -0.05) is 54.5 Å². The van der Waals surface area contributed by atoms with Crippen LogP contribution in [0.5, 0.6) is 0 Å². The summed E-state index contributed by atoms with van der Waals surface area (Å²) in [6.45, 7) is 14.2. The van der Waals surface area contributed by atoms with Crippen molar-refractivity contribution in [2.45, 2.75) is 86.0 Å². The average Bonchev–Trinajstić information content (AvgIpc) is 3.46. The number of hydrogen-bond acceptors (Lipinski definition) is 6. The maximum Gasteiger partial charge on any atom is 0.254 e. The molecule has 1 aromatic carbocycles. The van der Waals surface area contributed by atoms with Gasteiger partial charge in [0.15, 0.2) is 0 Å². The number of carbonyl (C=O) groups is 4. The predicted octanol–water partition coefficient (Wildman–Crippen LogP) is 4.00. The Hall–Kier alpha value is -3.66. The zero-order valence-corrected chi connectivity index (χ0v) is 26.8. The molecule has 4 N–H and O–H groups in total. The van der Waals surface area contributed by atoms with Gasteiger partial charge in [-0.2, -0.15) is 0 Å². The normalized spacial score (nSPS) is 14.2. The Morgan fingerprint density at radius 3 is 2.12 bits per heavy atom. The van der Waals surface area contributed by atoms with E-state index < -0.39 is 30.0 Å². The Bertz CT molecular complexity index is 1190. The van der Waals surface area contributed by atoms with E-state index in [-0.39, 0.29) is 54.0 Å². The maximum atomic E-state index is 13.3. The first-order valence-electron chi connectivity index (χ1n) is 15.1. The Morgan fingerprint density at radius 1 is 0.860 bits per heavy atom. The van der Waals surface area contributed by atoms with Crippen LogP contribution in [0, 0.1) is 23.7 Å². The van der Waals surface area contributed by atoms with Gasteiger partial charge in [-0.3, -0.25) is 19.2 Å². The highest BCUT2D eigenvalue weighted by atomic mass is 16.3. The lowest BCUT2D eigenvalue weighted by Crippen LogP contribution is -2.52. The molecule has 0 aliphatic heterocycles. The first kappa shape index (κ1) is 35.5. The second-order valence-electron chi connectivity index (χ2n) is 12.6. The summed E-state index contributed by atoms with van der Waals surface area (Å²) in [5.41, 5.74) is 0.640. The third-order valence-electron chi connectivity index (χ3n) is 7.17.